The van der Waals surface area contributed by atoms with Crippen LogP contribution in [-0.2, 0) is 27.4 Å². The van der Waals surface area contributed by atoms with Crippen molar-refractivity contribution in [1.29, 1.82) is 0 Å². The highest BCUT2D eigenvalue weighted by atomic mass is 32.1. The van der Waals surface area contributed by atoms with Crippen LogP contribution in [0.2, 0.25) is 0 Å². The zero-order valence-electron chi connectivity index (χ0n) is 11.8. The van der Waals surface area contributed by atoms with E-state index in [1.807, 2.05) is 0 Å². The highest BCUT2D eigenvalue weighted by molar-refractivity contribution is 7.09. The minimum absolute atomic E-state index is 0.553. The summed E-state index contributed by atoms with van der Waals surface area (Å²) in [6.07, 6.45) is 1.14. The Kier molecular flexibility index (Phi) is 9.84. The summed E-state index contributed by atoms with van der Waals surface area (Å²) in [4.78, 5) is 4.50. The molecular formula is C13H24N2O3S. The Balaban J connectivity index is 2.03. The summed E-state index contributed by atoms with van der Waals surface area (Å²) in [5.74, 6) is 0. The first-order chi connectivity index (χ1) is 9.36. The molecule has 0 bridgehead atoms. The van der Waals surface area contributed by atoms with Crippen LogP contribution in [0, 0.1) is 0 Å². The Morgan fingerprint density at radius 1 is 1.21 bits per heavy atom. The van der Waals surface area contributed by atoms with Crippen LogP contribution >= 0.6 is 11.3 Å². The zero-order valence-corrected chi connectivity index (χ0v) is 12.6. The van der Waals surface area contributed by atoms with Crippen LogP contribution in [0.1, 0.15) is 24.0 Å². The summed E-state index contributed by atoms with van der Waals surface area (Å²) in [6, 6.07) is 0. The van der Waals surface area contributed by atoms with Crippen molar-refractivity contribution in [2.45, 2.75) is 26.5 Å². The molecule has 110 valence electrons. The number of hydrogen-bond donors (Lipinski definition) is 1. The second-order valence-electron chi connectivity index (χ2n) is 4.07. The topological polar surface area (TPSA) is 52.6 Å². The van der Waals surface area contributed by atoms with Crippen molar-refractivity contribution in [3.05, 3.63) is 16.1 Å². The highest BCUT2D eigenvalue weighted by Gasteiger charge is 2.01. The fraction of sp³-hybridized carbons (Fsp3) is 0.769. The summed E-state index contributed by atoms with van der Waals surface area (Å²) in [7, 11) is 1.66. The average Bonchev–Trinajstić information content (AvgIpc) is 2.86. The highest BCUT2D eigenvalue weighted by Crippen LogP contribution is 2.10. The van der Waals surface area contributed by atoms with Gasteiger partial charge in [-0.15, -0.1) is 11.3 Å². The number of nitrogens with one attached hydrogen (secondary N) is 1. The molecule has 1 N–H and O–H groups in total. The summed E-state index contributed by atoms with van der Waals surface area (Å²) >= 11 is 1.67. The minimum atomic E-state index is 0.553. The molecular weight excluding hydrogens is 264 g/mol. The van der Waals surface area contributed by atoms with Crippen molar-refractivity contribution in [3.8, 4) is 0 Å². The van der Waals surface area contributed by atoms with Crippen LogP contribution in [0.15, 0.2) is 5.38 Å². The first-order valence-electron chi connectivity index (χ1n) is 6.65. The lowest BCUT2D eigenvalue weighted by Gasteiger charge is -2.04. The van der Waals surface area contributed by atoms with Gasteiger partial charge >= 0.3 is 0 Å². The van der Waals surface area contributed by atoms with Crippen molar-refractivity contribution in [2.75, 3.05) is 40.1 Å². The maximum Gasteiger partial charge on any atom is 0.107 e. The number of rotatable bonds is 12. The number of hydrogen-bond acceptors (Lipinski definition) is 6. The Bertz CT molecular complexity index is 321. The van der Waals surface area contributed by atoms with Crippen molar-refractivity contribution in [1.82, 2.24) is 10.3 Å². The lowest BCUT2D eigenvalue weighted by atomic mass is 10.5. The molecule has 1 aromatic heterocycles. The Hall–Kier alpha value is -0.530. The second kappa shape index (κ2) is 11.3. The third-order valence-electron chi connectivity index (χ3n) is 2.36. The van der Waals surface area contributed by atoms with E-state index in [0.29, 0.717) is 33.0 Å². The van der Waals surface area contributed by atoms with Gasteiger partial charge in [0.1, 0.15) is 5.01 Å². The van der Waals surface area contributed by atoms with Gasteiger partial charge in [-0.2, -0.15) is 0 Å². The third kappa shape index (κ3) is 8.28. The molecule has 0 fully saturated rings. The number of methoxy groups -OCH3 is 1. The van der Waals surface area contributed by atoms with Crippen LogP contribution in [0.4, 0.5) is 0 Å². The van der Waals surface area contributed by atoms with Gasteiger partial charge in [0.15, 0.2) is 0 Å². The number of aromatic nitrogens is 1. The van der Waals surface area contributed by atoms with Crippen LogP contribution in [0.25, 0.3) is 0 Å². The molecule has 6 heteroatoms. The molecule has 0 aromatic carbocycles. The molecule has 19 heavy (non-hydrogen) atoms. The smallest absolute Gasteiger partial charge is 0.107 e. The second-order valence-corrected chi connectivity index (χ2v) is 5.01. The van der Waals surface area contributed by atoms with Gasteiger partial charge < -0.3 is 19.5 Å². The number of ether oxygens (including phenoxy) is 3. The quantitative estimate of drug-likeness (QED) is 0.595. The standard InChI is InChI=1S/C13H24N2O3S/c1-3-4-14-9-13-15-12(11-19-13)10-18-8-7-17-6-5-16-2/h11,14H,3-10H2,1-2H3. The summed E-state index contributed by atoms with van der Waals surface area (Å²) in [6.45, 7) is 7.01. The first-order valence-corrected chi connectivity index (χ1v) is 7.53. The molecule has 1 rings (SSSR count). The summed E-state index contributed by atoms with van der Waals surface area (Å²) < 4.78 is 15.7. The molecule has 0 aliphatic heterocycles. The lowest BCUT2D eigenvalue weighted by molar-refractivity contribution is 0.0193. The first kappa shape index (κ1) is 16.5. The van der Waals surface area contributed by atoms with Crippen molar-refractivity contribution in [3.63, 3.8) is 0 Å². The maximum atomic E-state index is 5.50. The fourth-order valence-corrected chi connectivity index (χ4v) is 2.16. The molecule has 0 atom stereocenters. The van der Waals surface area contributed by atoms with E-state index in [0.717, 1.165) is 30.2 Å². The van der Waals surface area contributed by atoms with Crippen molar-refractivity contribution in [2.24, 2.45) is 0 Å². The van der Waals surface area contributed by atoms with E-state index in [1.54, 1.807) is 18.4 Å². The average molecular weight is 288 g/mol. The van der Waals surface area contributed by atoms with Gasteiger partial charge in [-0.1, -0.05) is 6.92 Å². The molecule has 0 saturated carbocycles. The normalized spacial score (nSPS) is 11.1. The van der Waals surface area contributed by atoms with Gasteiger partial charge in [-0.3, -0.25) is 0 Å². The van der Waals surface area contributed by atoms with Crippen LogP contribution in [0.5, 0.6) is 0 Å². The van der Waals surface area contributed by atoms with Crippen LogP contribution in [0.3, 0.4) is 0 Å². The molecule has 0 saturated heterocycles. The fourth-order valence-electron chi connectivity index (χ4n) is 1.41. The molecule has 1 heterocycles. The Labute approximate surface area is 119 Å². The van der Waals surface area contributed by atoms with Crippen LogP contribution < -0.4 is 5.32 Å². The molecule has 5 nitrogen and oxygen atoms in total. The van der Waals surface area contributed by atoms with Gasteiger partial charge in [0.2, 0.25) is 0 Å². The predicted molar refractivity (Wildman–Crippen MR) is 76.5 cm³/mol. The molecule has 0 aliphatic rings. The molecule has 0 radical (unpaired) electrons. The van der Waals surface area contributed by atoms with Gasteiger partial charge in [0.25, 0.3) is 0 Å². The van der Waals surface area contributed by atoms with Crippen molar-refractivity contribution >= 4 is 11.3 Å². The summed E-state index contributed by atoms with van der Waals surface area (Å²) in [5, 5.41) is 6.50. The Morgan fingerprint density at radius 3 is 2.79 bits per heavy atom. The monoisotopic (exact) mass is 288 g/mol. The van der Waals surface area contributed by atoms with E-state index in [2.05, 4.69) is 22.6 Å². The zero-order chi connectivity index (χ0) is 13.8. The van der Waals surface area contributed by atoms with Gasteiger partial charge in [-0.05, 0) is 13.0 Å². The van der Waals surface area contributed by atoms with Gasteiger partial charge in [-0.25, -0.2) is 4.98 Å². The molecule has 0 amide bonds. The lowest BCUT2D eigenvalue weighted by Crippen LogP contribution is -2.13. The molecule has 0 unspecified atom stereocenters. The van der Waals surface area contributed by atoms with Gasteiger partial charge in [0.05, 0.1) is 38.7 Å². The maximum absolute atomic E-state index is 5.50. The SMILES string of the molecule is CCCNCc1nc(COCCOCCOC)cs1. The van der Waals surface area contributed by atoms with E-state index in [9.17, 15) is 0 Å². The Morgan fingerprint density at radius 2 is 2.00 bits per heavy atom. The van der Waals surface area contributed by atoms with Gasteiger partial charge in [0, 0.05) is 19.0 Å². The largest absolute Gasteiger partial charge is 0.382 e. The van der Waals surface area contributed by atoms with Crippen molar-refractivity contribution < 1.29 is 14.2 Å². The van der Waals surface area contributed by atoms with E-state index < -0.39 is 0 Å². The van der Waals surface area contributed by atoms with Crippen LogP contribution in [-0.4, -0.2) is 45.1 Å². The number of thiazole rings is 1. The molecule has 0 aliphatic carbocycles. The van der Waals surface area contributed by atoms with E-state index in [1.165, 1.54) is 0 Å². The minimum Gasteiger partial charge on any atom is -0.382 e. The molecule has 0 spiro atoms. The van der Waals surface area contributed by atoms with E-state index >= 15 is 0 Å². The van der Waals surface area contributed by atoms with E-state index in [-0.39, 0.29) is 0 Å². The predicted octanol–water partition coefficient (Wildman–Crippen LogP) is 1.82. The number of nitrogens with zero attached hydrogens (tertiary/aromatic N) is 1. The summed E-state index contributed by atoms with van der Waals surface area (Å²) in [5.41, 5.74) is 0.996. The molecule has 1 aromatic rings. The third-order valence-corrected chi connectivity index (χ3v) is 3.25. The van der Waals surface area contributed by atoms with E-state index in [4.69, 9.17) is 14.2 Å².